The predicted octanol–water partition coefficient (Wildman–Crippen LogP) is 7.11. The predicted molar refractivity (Wildman–Crippen MR) is 163 cm³/mol. The van der Waals surface area contributed by atoms with Crippen molar-refractivity contribution in [3.05, 3.63) is 99.3 Å². The van der Waals surface area contributed by atoms with Crippen LogP contribution in [0, 0.1) is 13.8 Å². The average Bonchev–Trinajstić information content (AvgIpc) is 3.30. The summed E-state index contributed by atoms with van der Waals surface area (Å²) in [4.78, 5) is 18.5. The Morgan fingerprint density at radius 2 is 1.55 bits per heavy atom. The van der Waals surface area contributed by atoms with Crippen LogP contribution in [-0.2, 0) is 6.54 Å². The summed E-state index contributed by atoms with van der Waals surface area (Å²) in [6, 6.07) is 19.6. The third-order valence-electron chi connectivity index (χ3n) is 7.50. The van der Waals surface area contributed by atoms with Gasteiger partial charge in [0.2, 0.25) is 0 Å². The van der Waals surface area contributed by atoms with Gasteiger partial charge in [-0.25, -0.2) is 0 Å². The first kappa shape index (κ1) is 27.9. The molecular weight excluding hydrogens is 545 g/mol. The Balaban J connectivity index is 1.47. The molecule has 208 valence electrons. The Morgan fingerprint density at radius 1 is 0.875 bits per heavy atom. The molecule has 1 amide bonds. The average molecular weight is 579 g/mol. The smallest absolute Gasteiger partial charge is 0.271 e. The largest absolute Gasteiger partial charge is 0.497 e. The van der Waals surface area contributed by atoms with Crippen LogP contribution in [0.3, 0.4) is 0 Å². The van der Waals surface area contributed by atoms with Gasteiger partial charge in [0.1, 0.15) is 17.2 Å². The van der Waals surface area contributed by atoms with Gasteiger partial charge in [-0.1, -0.05) is 59.1 Å². The Bertz CT molecular complexity index is 1500. The van der Waals surface area contributed by atoms with Crippen molar-refractivity contribution in [2.75, 3.05) is 45.3 Å². The van der Waals surface area contributed by atoms with Gasteiger partial charge >= 0.3 is 0 Å². The molecule has 1 aliphatic heterocycles. The lowest BCUT2D eigenvalue weighted by Gasteiger charge is -2.37. The number of hydrogen-bond acceptors (Lipinski definition) is 4. The van der Waals surface area contributed by atoms with Crippen LogP contribution in [0.25, 0.3) is 11.1 Å². The van der Waals surface area contributed by atoms with Crippen LogP contribution < -0.4 is 14.4 Å². The number of aromatic nitrogens is 1. The molecule has 0 aliphatic carbocycles. The van der Waals surface area contributed by atoms with Crippen molar-refractivity contribution < 1.29 is 14.3 Å². The second kappa shape index (κ2) is 11.9. The molecule has 3 aromatic carbocycles. The van der Waals surface area contributed by atoms with E-state index in [4.69, 9.17) is 32.7 Å². The van der Waals surface area contributed by atoms with Crippen LogP contribution >= 0.6 is 23.2 Å². The van der Waals surface area contributed by atoms with Crippen molar-refractivity contribution in [3.63, 3.8) is 0 Å². The summed E-state index contributed by atoms with van der Waals surface area (Å²) in [5, 5.41) is 1.16. The third kappa shape index (κ3) is 5.51. The number of nitrogens with zero attached hydrogens (tertiary/aromatic N) is 3. The highest BCUT2D eigenvalue weighted by Gasteiger charge is 2.29. The summed E-state index contributed by atoms with van der Waals surface area (Å²) in [7, 11) is 3.30. The maximum absolute atomic E-state index is 14.3. The quantitative estimate of drug-likeness (QED) is 0.235. The van der Waals surface area contributed by atoms with E-state index in [9.17, 15) is 4.79 Å². The Hall–Kier alpha value is -3.61. The molecule has 6 nitrogen and oxygen atoms in total. The molecule has 0 saturated carbocycles. The maximum Gasteiger partial charge on any atom is 0.271 e. The normalized spacial score (nSPS) is 13.4. The van der Waals surface area contributed by atoms with Crippen molar-refractivity contribution in [1.29, 1.82) is 0 Å². The fraction of sp³-hybridized carbons (Fsp3) is 0.281. The molecule has 40 heavy (non-hydrogen) atoms. The number of hydrogen-bond donors (Lipinski definition) is 0. The SMILES string of the molecule is COc1ccc(N2CCN(C(=O)c3c(-c4ccc(C)cc4)c(C)cn3Cc3c(Cl)cccc3Cl)CC2)c(OC)c1. The number of methoxy groups -OCH3 is 2. The first-order chi connectivity index (χ1) is 19.3. The zero-order chi connectivity index (χ0) is 28.4. The second-order valence-electron chi connectivity index (χ2n) is 10.0. The zero-order valence-electron chi connectivity index (χ0n) is 23.2. The van der Waals surface area contributed by atoms with Gasteiger partial charge in [0.25, 0.3) is 5.91 Å². The number of anilines is 1. The van der Waals surface area contributed by atoms with E-state index in [2.05, 4.69) is 36.1 Å². The maximum atomic E-state index is 14.3. The highest BCUT2D eigenvalue weighted by Crippen LogP contribution is 2.35. The monoisotopic (exact) mass is 577 g/mol. The second-order valence-corrected chi connectivity index (χ2v) is 10.9. The number of halogens is 2. The number of carbonyl (C=O) groups excluding carboxylic acids is 1. The van der Waals surface area contributed by atoms with Crippen LogP contribution in [0.4, 0.5) is 5.69 Å². The van der Waals surface area contributed by atoms with Gasteiger partial charge in [-0.3, -0.25) is 4.79 Å². The van der Waals surface area contributed by atoms with Gasteiger partial charge in [0, 0.05) is 59.6 Å². The van der Waals surface area contributed by atoms with Gasteiger partial charge in [0.15, 0.2) is 0 Å². The van der Waals surface area contributed by atoms with Gasteiger partial charge in [-0.15, -0.1) is 0 Å². The fourth-order valence-electron chi connectivity index (χ4n) is 5.33. The minimum atomic E-state index is -0.00630. The molecule has 1 saturated heterocycles. The van der Waals surface area contributed by atoms with Crippen LogP contribution in [0.5, 0.6) is 11.5 Å². The molecule has 0 radical (unpaired) electrons. The van der Waals surface area contributed by atoms with Crippen molar-refractivity contribution in [2.24, 2.45) is 0 Å². The van der Waals surface area contributed by atoms with E-state index < -0.39 is 0 Å². The highest BCUT2D eigenvalue weighted by atomic mass is 35.5. The van der Waals surface area contributed by atoms with Crippen LogP contribution in [0.2, 0.25) is 10.0 Å². The van der Waals surface area contributed by atoms with E-state index in [1.165, 1.54) is 5.56 Å². The van der Waals surface area contributed by atoms with E-state index in [1.807, 2.05) is 59.0 Å². The molecule has 8 heteroatoms. The number of piperazine rings is 1. The Labute approximate surface area is 245 Å². The van der Waals surface area contributed by atoms with E-state index in [0.717, 1.165) is 39.4 Å². The number of aryl methyl sites for hydroxylation is 2. The summed E-state index contributed by atoms with van der Waals surface area (Å²) in [5.41, 5.74) is 6.57. The molecule has 1 aromatic heterocycles. The molecule has 4 aromatic rings. The van der Waals surface area contributed by atoms with Gasteiger partial charge in [-0.2, -0.15) is 0 Å². The van der Waals surface area contributed by atoms with Crippen molar-refractivity contribution in [3.8, 4) is 22.6 Å². The number of amides is 1. The van der Waals surface area contributed by atoms with Gasteiger partial charge < -0.3 is 23.8 Å². The summed E-state index contributed by atoms with van der Waals surface area (Å²) < 4.78 is 13.0. The van der Waals surface area contributed by atoms with Gasteiger partial charge in [-0.05, 0) is 49.2 Å². The summed E-state index contributed by atoms with van der Waals surface area (Å²) in [6.07, 6.45) is 2.03. The summed E-state index contributed by atoms with van der Waals surface area (Å²) in [6.45, 7) is 7.04. The minimum Gasteiger partial charge on any atom is -0.497 e. The molecule has 0 N–H and O–H groups in total. The van der Waals surface area contributed by atoms with E-state index in [-0.39, 0.29) is 5.91 Å². The molecule has 1 fully saturated rings. The topological polar surface area (TPSA) is 46.9 Å². The number of ether oxygens (including phenoxy) is 2. The molecule has 0 spiro atoms. The van der Waals surface area contributed by atoms with Crippen molar-refractivity contribution in [1.82, 2.24) is 9.47 Å². The first-order valence-electron chi connectivity index (χ1n) is 13.3. The van der Waals surface area contributed by atoms with Crippen LogP contribution in [0.1, 0.15) is 27.2 Å². The first-order valence-corrected chi connectivity index (χ1v) is 14.0. The Kier molecular flexibility index (Phi) is 8.29. The standard InChI is InChI=1S/C32H33Cl2N3O3/c1-21-8-10-23(11-9-21)30-22(2)19-37(20-25-26(33)6-5-7-27(25)34)31(30)32(38)36-16-14-35(15-17-36)28-13-12-24(39-3)18-29(28)40-4/h5-13,18-19H,14-17,20H2,1-4H3. The molecule has 0 unspecified atom stereocenters. The third-order valence-corrected chi connectivity index (χ3v) is 8.20. The zero-order valence-corrected chi connectivity index (χ0v) is 24.7. The number of benzene rings is 3. The van der Waals surface area contributed by atoms with Crippen molar-refractivity contribution >= 4 is 34.8 Å². The molecule has 2 heterocycles. The molecule has 0 bridgehead atoms. The number of rotatable bonds is 7. The lowest BCUT2D eigenvalue weighted by molar-refractivity contribution is 0.0737. The molecule has 5 rings (SSSR count). The van der Waals surface area contributed by atoms with E-state index in [0.29, 0.717) is 48.5 Å². The number of carbonyl (C=O) groups is 1. The van der Waals surface area contributed by atoms with Crippen molar-refractivity contribution in [2.45, 2.75) is 20.4 Å². The lowest BCUT2D eigenvalue weighted by atomic mass is 10.00. The van der Waals surface area contributed by atoms with Gasteiger partial charge in [0.05, 0.1) is 26.5 Å². The lowest BCUT2D eigenvalue weighted by Crippen LogP contribution is -2.49. The van der Waals surface area contributed by atoms with Crippen LogP contribution in [-0.4, -0.2) is 55.8 Å². The molecular formula is C32H33Cl2N3O3. The summed E-state index contributed by atoms with van der Waals surface area (Å²) in [5.74, 6) is 1.49. The highest BCUT2D eigenvalue weighted by molar-refractivity contribution is 6.36. The Morgan fingerprint density at radius 3 is 2.17 bits per heavy atom. The summed E-state index contributed by atoms with van der Waals surface area (Å²) >= 11 is 13.1. The fourth-order valence-corrected chi connectivity index (χ4v) is 5.85. The van der Waals surface area contributed by atoms with E-state index >= 15 is 0 Å². The minimum absolute atomic E-state index is 0.00630. The molecule has 1 aliphatic rings. The van der Waals surface area contributed by atoms with E-state index in [1.54, 1.807) is 14.2 Å². The van der Waals surface area contributed by atoms with Crippen LogP contribution in [0.15, 0.2) is 66.9 Å². The molecule has 0 atom stereocenters.